The number of fused-ring (bicyclic) bond motifs is 1. The Hall–Kier alpha value is -3.86. The molecule has 1 aliphatic heterocycles. The van der Waals surface area contributed by atoms with E-state index in [4.69, 9.17) is 5.10 Å². The Labute approximate surface area is 200 Å². The normalized spacial score (nSPS) is 17.0. The van der Waals surface area contributed by atoms with Crippen molar-refractivity contribution < 1.29 is 4.79 Å². The first kappa shape index (κ1) is 22.0. The molecule has 1 aliphatic rings. The van der Waals surface area contributed by atoms with E-state index in [0.29, 0.717) is 13.0 Å². The largest absolute Gasteiger partial charge is 0.363 e. The molecule has 5 nitrogen and oxygen atoms in total. The molecule has 34 heavy (non-hydrogen) atoms. The second-order valence-corrected chi connectivity index (χ2v) is 8.90. The molecule has 2 heterocycles. The van der Waals surface area contributed by atoms with Gasteiger partial charge in [0.2, 0.25) is 5.91 Å². The number of carbonyl (C=O) groups is 1. The summed E-state index contributed by atoms with van der Waals surface area (Å²) in [5.74, 6) is 0.910. The molecule has 0 unspecified atom stereocenters. The Morgan fingerprint density at radius 2 is 1.68 bits per heavy atom. The van der Waals surface area contributed by atoms with Gasteiger partial charge in [-0.2, -0.15) is 5.10 Å². The van der Waals surface area contributed by atoms with Gasteiger partial charge in [0, 0.05) is 18.5 Å². The lowest BCUT2D eigenvalue weighted by atomic mass is 9.94. The SMILES string of the molecule is CCc1nn2c(c1-c1ccccc1)N[C@H](c1ccc(C)cc1)C[C@@H]2C(=O)NCc1ccccc1. The van der Waals surface area contributed by atoms with Crippen LogP contribution in [0.2, 0.25) is 0 Å². The molecule has 0 saturated heterocycles. The van der Waals surface area contributed by atoms with E-state index < -0.39 is 6.04 Å². The van der Waals surface area contributed by atoms with E-state index in [0.717, 1.165) is 34.6 Å². The van der Waals surface area contributed by atoms with Gasteiger partial charge in [-0.05, 0) is 30.0 Å². The number of rotatable bonds is 6. The van der Waals surface area contributed by atoms with Gasteiger partial charge in [0.05, 0.1) is 11.7 Å². The monoisotopic (exact) mass is 450 g/mol. The molecule has 2 atom stereocenters. The summed E-state index contributed by atoms with van der Waals surface area (Å²) < 4.78 is 1.91. The highest BCUT2D eigenvalue weighted by Crippen LogP contribution is 2.42. The summed E-state index contributed by atoms with van der Waals surface area (Å²) in [6.07, 6.45) is 1.43. The Bertz CT molecular complexity index is 1260. The maximum Gasteiger partial charge on any atom is 0.245 e. The van der Waals surface area contributed by atoms with Crippen LogP contribution in [0, 0.1) is 6.92 Å². The zero-order valence-electron chi connectivity index (χ0n) is 19.7. The zero-order chi connectivity index (χ0) is 23.5. The number of aryl methyl sites for hydroxylation is 2. The predicted octanol–water partition coefficient (Wildman–Crippen LogP) is 5.84. The third-order valence-electron chi connectivity index (χ3n) is 6.54. The molecule has 172 valence electrons. The molecule has 2 N–H and O–H groups in total. The van der Waals surface area contributed by atoms with Gasteiger partial charge in [0.15, 0.2) is 0 Å². The number of anilines is 1. The predicted molar refractivity (Wildman–Crippen MR) is 137 cm³/mol. The second-order valence-electron chi connectivity index (χ2n) is 8.90. The average Bonchev–Trinajstić information content (AvgIpc) is 3.27. The van der Waals surface area contributed by atoms with Crippen LogP contribution in [-0.4, -0.2) is 15.7 Å². The van der Waals surface area contributed by atoms with E-state index in [9.17, 15) is 4.79 Å². The van der Waals surface area contributed by atoms with Crippen LogP contribution < -0.4 is 10.6 Å². The van der Waals surface area contributed by atoms with Crippen molar-refractivity contribution in [1.29, 1.82) is 0 Å². The Kier molecular flexibility index (Phi) is 6.17. The van der Waals surface area contributed by atoms with Crippen molar-refractivity contribution in [2.24, 2.45) is 0 Å². The molecule has 5 heteroatoms. The summed E-state index contributed by atoms with van der Waals surface area (Å²) in [6.45, 7) is 4.71. The van der Waals surface area contributed by atoms with E-state index >= 15 is 0 Å². The molecule has 0 spiro atoms. The van der Waals surface area contributed by atoms with Crippen LogP contribution in [0.25, 0.3) is 11.1 Å². The van der Waals surface area contributed by atoms with Gasteiger partial charge >= 0.3 is 0 Å². The number of aromatic nitrogens is 2. The van der Waals surface area contributed by atoms with Crippen molar-refractivity contribution in [3.8, 4) is 11.1 Å². The molecule has 0 radical (unpaired) electrons. The Morgan fingerprint density at radius 1 is 1.00 bits per heavy atom. The zero-order valence-corrected chi connectivity index (χ0v) is 19.7. The summed E-state index contributed by atoms with van der Waals surface area (Å²) in [5, 5.41) is 11.8. The van der Waals surface area contributed by atoms with Crippen LogP contribution in [0.3, 0.4) is 0 Å². The van der Waals surface area contributed by atoms with E-state index in [-0.39, 0.29) is 11.9 Å². The van der Waals surface area contributed by atoms with Gasteiger partial charge < -0.3 is 10.6 Å². The fourth-order valence-corrected chi connectivity index (χ4v) is 4.69. The van der Waals surface area contributed by atoms with Gasteiger partial charge in [-0.1, -0.05) is 97.4 Å². The molecular formula is C29H30N4O. The molecule has 0 saturated carbocycles. The number of carbonyl (C=O) groups excluding carboxylic acids is 1. The number of hydrogen-bond donors (Lipinski definition) is 2. The minimum absolute atomic E-state index is 0.00604. The van der Waals surface area contributed by atoms with Crippen molar-refractivity contribution in [3.63, 3.8) is 0 Å². The summed E-state index contributed by atoms with van der Waals surface area (Å²) >= 11 is 0. The van der Waals surface area contributed by atoms with Crippen LogP contribution in [0.5, 0.6) is 0 Å². The minimum Gasteiger partial charge on any atom is -0.363 e. The first-order chi connectivity index (χ1) is 16.6. The first-order valence-corrected chi connectivity index (χ1v) is 12.0. The van der Waals surface area contributed by atoms with E-state index in [1.807, 2.05) is 53.2 Å². The summed E-state index contributed by atoms with van der Waals surface area (Å²) in [7, 11) is 0. The summed E-state index contributed by atoms with van der Waals surface area (Å²) in [6, 6.07) is 28.5. The maximum absolute atomic E-state index is 13.5. The molecule has 3 aromatic carbocycles. The fourth-order valence-electron chi connectivity index (χ4n) is 4.69. The smallest absolute Gasteiger partial charge is 0.245 e. The van der Waals surface area contributed by atoms with Crippen LogP contribution >= 0.6 is 0 Å². The quantitative estimate of drug-likeness (QED) is 0.388. The number of nitrogens with zero attached hydrogens (tertiary/aromatic N) is 2. The molecule has 0 bridgehead atoms. The number of hydrogen-bond acceptors (Lipinski definition) is 3. The number of nitrogens with one attached hydrogen (secondary N) is 2. The maximum atomic E-state index is 13.5. The molecule has 5 rings (SSSR count). The van der Waals surface area contributed by atoms with E-state index in [1.165, 1.54) is 11.1 Å². The Balaban J connectivity index is 1.54. The van der Waals surface area contributed by atoms with Gasteiger partial charge in [-0.3, -0.25) is 4.79 Å². The summed E-state index contributed by atoms with van der Waals surface area (Å²) in [4.78, 5) is 13.5. The summed E-state index contributed by atoms with van der Waals surface area (Å²) in [5.41, 5.74) is 6.68. The van der Waals surface area contributed by atoms with Crippen LogP contribution in [0.1, 0.15) is 47.8 Å². The van der Waals surface area contributed by atoms with E-state index in [1.54, 1.807) is 0 Å². The van der Waals surface area contributed by atoms with Crippen molar-refractivity contribution in [1.82, 2.24) is 15.1 Å². The molecular weight excluding hydrogens is 420 g/mol. The van der Waals surface area contributed by atoms with Gasteiger partial charge in [0.25, 0.3) is 0 Å². The lowest BCUT2D eigenvalue weighted by Crippen LogP contribution is -2.38. The lowest BCUT2D eigenvalue weighted by Gasteiger charge is -2.32. The van der Waals surface area contributed by atoms with E-state index in [2.05, 4.69) is 60.9 Å². The third-order valence-corrected chi connectivity index (χ3v) is 6.54. The molecule has 4 aromatic rings. The highest BCUT2D eigenvalue weighted by Gasteiger charge is 2.36. The first-order valence-electron chi connectivity index (χ1n) is 12.0. The third kappa shape index (κ3) is 4.34. The standard InChI is InChI=1S/C29H30N4O/c1-3-24-27(23-12-8-5-9-13-23)28-31-25(22-16-14-20(2)15-17-22)18-26(33(28)32-24)29(34)30-19-21-10-6-4-7-11-21/h4-17,25-26,31H,3,18-19H2,1-2H3,(H,30,34)/t25-,26+/m0/s1. The number of benzene rings is 3. The minimum atomic E-state index is -0.394. The molecule has 0 aliphatic carbocycles. The van der Waals surface area contributed by atoms with Crippen LogP contribution in [-0.2, 0) is 17.8 Å². The lowest BCUT2D eigenvalue weighted by molar-refractivity contribution is -0.125. The van der Waals surface area contributed by atoms with Gasteiger partial charge in [-0.15, -0.1) is 0 Å². The van der Waals surface area contributed by atoms with Crippen molar-refractivity contribution in [2.45, 2.75) is 45.3 Å². The molecule has 1 amide bonds. The topological polar surface area (TPSA) is 59.0 Å². The van der Waals surface area contributed by atoms with Gasteiger partial charge in [-0.25, -0.2) is 4.68 Å². The average molecular weight is 451 g/mol. The Morgan fingerprint density at radius 3 is 2.35 bits per heavy atom. The molecule has 1 aromatic heterocycles. The van der Waals surface area contributed by atoms with Gasteiger partial charge in [0.1, 0.15) is 11.9 Å². The molecule has 0 fully saturated rings. The highest BCUT2D eigenvalue weighted by molar-refractivity contribution is 5.85. The highest BCUT2D eigenvalue weighted by atomic mass is 16.2. The fraction of sp³-hybridized carbons (Fsp3) is 0.241. The van der Waals surface area contributed by atoms with Crippen LogP contribution in [0.15, 0.2) is 84.9 Å². The van der Waals surface area contributed by atoms with Crippen molar-refractivity contribution in [3.05, 3.63) is 107 Å². The van der Waals surface area contributed by atoms with Crippen LogP contribution in [0.4, 0.5) is 5.82 Å². The second kappa shape index (κ2) is 9.56. The van der Waals surface area contributed by atoms with Crippen molar-refractivity contribution in [2.75, 3.05) is 5.32 Å². The van der Waals surface area contributed by atoms with Crippen molar-refractivity contribution >= 4 is 11.7 Å². The number of amides is 1.